The molecule has 0 aromatic heterocycles. The normalized spacial score (nSPS) is 8.47. The molecule has 0 atom stereocenters. The predicted octanol–water partition coefficient (Wildman–Crippen LogP) is -1.01. The van der Waals surface area contributed by atoms with Gasteiger partial charge in [0.25, 0.3) is 0 Å². The number of benzene rings is 1. The van der Waals surface area contributed by atoms with Gasteiger partial charge in [0.1, 0.15) is 0 Å². The highest BCUT2D eigenvalue weighted by atomic mass is 35.5. The van der Waals surface area contributed by atoms with Crippen LogP contribution in [0.3, 0.4) is 0 Å². The molecular weight excluding hydrogens is 228 g/mol. The Morgan fingerprint density at radius 3 is 2.20 bits per heavy atom. The van der Waals surface area contributed by atoms with E-state index in [-0.39, 0.29) is 12.4 Å². The van der Waals surface area contributed by atoms with E-state index in [0.717, 1.165) is 12.1 Å². The lowest BCUT2D eigenvalue weighted by atomic mass is 10.2. The van der Waals surface area contributed by atoms with E-state index in [1.54, 1.807) is 0 Å². The first kappa shape index (κ1) is 12.7. The van der Waals surface area contributed by atoms with Gasteiger partial charge >= 0.3 is 17.1 Å². The average molecular weight is 231 g/mol. The minimum Gasteiger partial charge on any atom is -1.00 e. The molecule has 0 saturated heterocycles. The lowest BCUT2D eigenvalue weighted by Crippen LogP contribution is -3.00. The van der Waals surface area contributed by atoms with Crippen molar-refractivity contribution < 1.29 is 22.3 Å². The maximum Gasteiger partial charge on any atom is 0.468 e. The van der Waals surface area contributed by atoms with Crippen molar-refractivity contribution >= 4 is 17.1 Å². The Kier molecular flexibility index (Phi) is 4.09. The Balaban J connectivity index is 0.00000196. The highest BCUT2D eigenvalue weighted by molar-refractivity contribution is 5.71. The summed E-state index contributed by atoms with van der Waals surface area (Å²) in [6.45, 7) is 0. The molecule has 0 bridgehead atoms. The fourth-order valence-electron chi connectivity index (χ4n) is 0.935. The second-order valence-corrected chi connectivity index (χ2v) is 2.26. The van der Waals surface area contributed by atoms with E-state index in [2.05, 4.69) is 4.98 Å². The molecule has 0 unspecified atom stereocenters. The first-order valence-electron chi connectivity index (χ1n) is 3.35. The van der Waals surface area contributed by atoms with Gasteiger partial charge in [0.15, 0.2) is 4.98 Å². The van der Waals surface area contributed by atoms with Crippen molar-refractivity contribution in [3.63, 3.8) is 0 Å². The number of nitro groups is 2. The summed E-state index contributed by atoms with van der Waals surface area (Å²) in [7, 11) is 0. The zero-order valence-electron chi connectivity index (χ0n) is 7.03. The summed E-state index contributed by atoms with van der Waals surface area (Å²) in [4.78, 5) is 21.5. The van der Waals surface area contributed by atoms with Crippen LogP contribution >= 0.6 is 0 Å². The van der Waals surface area contributed by atoms with Gasteiger partial charge in [-0.3, -0.25) is 20.2 Å². The Morgan fingerprint density at radius 1 is 1.20 bits per heavy atom. The number of nitrogens with zero attached hydrogens (tertiary/aromatic N) is 4. The average Bonchev–Trinajstić information content (AvgIpc) is 2.16. The molecule has 8 nitrogen and oxygen atoms in total. The van der Waals surface area contributed by atoms with E-state index >= 15 is 0 Å². The SMILES string of the molecule is N#[N+]c1cccc([N+](=O)[O-])c1[N+](=O)[O-].[Cl-]. The van der Waals surface area contributed by atoms with Crippen LogP contribution in [0.5, 0.6) is 0 Å². The Morgan fingerprint density at radius 2 is 1.80 bits per heavy atom. The number of rotatable bonds is 2. The molecule has 0 aliphatic rings. The van der Waals surface area contributed by atoms with Gasteiger partial charge in [0.2, 0.25) is 5.39 Å². The molecule has 9 heteroatoms. The summed E-state index contributed by atoms with van der Waals surface area (Å²) in [5.41, 5.74) is -1.96. The molecule has 0 aliphatic heterocycles. The molecule has 1 aromatic rings. The molecule has 0 amide bonds. The minimum atomic E-state index is -0.965. The smallest absolute Gasteiger partial charge is 0.468 e. The largest absolute Gasteiger partial charge is 1.00 e. The summed E-state index contributed by atoms with van der Waals surface area (Å²) in [6.07, 6.45) is 0. The third-order valence-corrected chi connectivity index (χ3v) is 1.48. The monoisotopic (exact) mass is 230 g/mol. The van der Waals surface area contributed by atoms with Crippen LogP contribution in [0.4, 0.5) is 17.1 Å². The number of hydrogen-bond acceptors (Lipinski definition) is 5. The van der Waals surface area contributed by atoms with Crippen molar-refractivity contribution in [2.24, 2.45) is 0 Å². The molecule has 0 spiro atoms. The van der Waals surface area contributed by atoms with E-state index < -0.39 is 26.9 Å². The Bertz CT molecular complexity index is 455. The molecule has 78 valence electrons. The van der Waals surface area contributed by atoms with Gasteiger partial charge in [-0.15, -0.1) is 0 Å². The van der Waals surface area contributed by atoms with Gasteiger partial charge in [0.05, 0.1) is 9.85 Å². The third kappa shape index (κ3) is 2.35. The summed E-state index contributed by atoms with van der Waals surface area (Å²) in [6, 6.07) is 3.26. The van der Waals surface area contributed by atoms with Crippen molar-refractivity contribution in [1.82, 2.24) is 0 Å². The number of halogens is 1. The molecule has 0 heterocycles. The summed E-state index contributed by atoms with van der Waals surface area (Å²) >= 11 is 0. The standard InChI is InChI=1S/C6H3N4O4.ClH/c7-8-4-2-1-3-5(9(11)12)6(4)10(13)14;/h1-3H;1H/q+1;/p-1. The molecule has 1 rings (SSSR count). The highest BCUT2D eigenvalue weighted by Crippen LogP contribution is 2.35. The van der Waals surface area contributed by atoms with Gasteiger partial charge in [-0.1, -0.05) is 0 Å². The van der Waals surface area contributed by atoms with E-state index in [1.165, 1.54) is 6.07 Å². The van der Waals surface area contributed by atoms with Crippen molar-refractivity contribution in [2.45, 2.75) is 0 Å². The summed E-state index contributed by atoms with van der Waals surface area (Å²) in [5, 5.41) is 29.2. The second kappa shape index (κ2) is 4.83. The second-order valence-electron chi connectivity index (χ2n) is 2.26. The van der Waals surface area contributed by atoms with Crippen LogP contribution in [0.2, 0.25) is 0 Å². The number of hydrogen-bond donors (Lipinski definition) is 0. The maximum atomic E-state index is 10.4. The molecule has 0 N–H and O–H groups in total. The Labute approximate surface area is 88.9 Å². The molecule has 15 heavy (non-hydrogen) atoms. The fraction of sp³-hybridized carbons (Fsp3) is 0. The lowest BCUT2D eigenvalue weighted by molar-refractivity contribution is -0.421. The van der Waals surface area contributed by atoms with E-state index in [0.29, 0.717) is 0 Å². The summed E-state index contributed by atoms with van der Waals surface area (Å²) < 4.78 is 0. The zero-order valence-corrected chi connectivity index (χ0v) is 7.79. The van der Waals surface area contributed by atoms with E-state index in [1.807, 2.05) is 0 Å². The summed E-state index contributed by atoms with van der Waals surface area (Å²) in [5.74, 6) is 0. The third-order valence-electron chi connectivity index (χ3n) is 1.48. The maximum absolute atomic E-state index is 10.4. The van der Waals surface area contributed by atoms with Gasteiger partial charge in [-0.25, -0.2) is 0 Å². The van der Waals surface area contributed by atoms with Crippen molar-refractivity contribution in [3.05, 3.63) is 43.4 Å². The molecule has 0 radical (unpaired) electrons. The molecule has 0 aliphatic carbocycles. The van der Waals surface area contributed by atoms with Crippen molar-refractivity contribution in [2.75, 3.05) is 0 Å². The molecule has 1 aromatic carbocycles. The van der Waals surface area contributed by atoms with Crippen molar-refractivity contribution in [3.8, 4) is 0 Å². The van der Waals surface area contributed by atoms with Gasteiger partial charge < -0.3 is 12.4 Å². The molecule has 0 fully saturated rings. The molecular formula is C6H3ClN4O4. The van der Waals surface area contributed by atoms with E-state index in [9.17, 15) is 20.2 Å². The fourth-order valence-corrected chi connectivity index (χ4v) is 0.935. The topological polar surface area (TPSA) is 114 Å². The van der Waals surface area contributed by atoms with Crippen molar-refractivity contribution in [1.29, 1.82) is 5.39 Å². The van der Waals surface area contributed by atoms with Gasteiger partial charge in [-0.05, 0) is 6.07 Å². The number of nitro benzene ring substituents is 2. The number of diazo groups is 1. The van der Waals surface area contributed by atoms with Crippen LogP contribution < -0.4 is 12.4 Å². The first-order chi connectivity index (χ1) is 6.57. The number of para-hydroxylation sites is 1. The zero-order chi connectivity index (χ0) is 10.7. The van der Waals surface area contributed by atoms with Crippen LogP contribution in [0.25, 0.3) is 4.98 Å². The van der Waals surface area contributed by atoms with Crippen LogP contribution in [-0.2, 0) is 0 Å². The first-order valence-corrected chi connectivity index (χ1v) is 3.35. The quantitative estimate of drug-likeness (QED) is 0.367. The lowest BCUT2D eigenvalue weighted by Gasteiger charge is -1.90. The van der Waals surface area contributed by atoms with Gasteiger partial charge in [0, 0.05) is 12.1 Å². The Hall–Kier alpha value is -2.27. The van der Waals surface area contributed by atoms with Crippen LogP contribution in [0.15, 0.2) is 18.2 Å². The van der Waals surface area contributed by atoms with Crippen LogP contribution in [-0.4, -0.2) is 9.85 Å². The van der Waals surface area contributed by atoms with Crippen LogP contribution in [0.1, 0.15) is 0 Å². The van der Waals surface area contributed by atoms with Crippen LogP contribution in [0, 0.1) is 25.6 Å². The molecule has 0 saturated carbocycles. The predicted molar refractivity (Wildman–Crippen MR) is 44.5 cm³/mol. The van der Waals surface area contributed by atoms with E-state index in [4.69, 9.17) is 5.39 Å². The highest BCUT2D eigenvalue weighted by Gasteiger charge is 2.35. The van der Waals surface area contributed by atoms with Gasteiger partial charge in [-0.2, -0.15) is 0 Å². The minimum absolute atomic E-state index is 0.